The quantitative estimate of drug-likeness (QED) is 0.484. The minimum atomic E-state index is -0.486. The zero-order chi connectivity index (χ0) is 13.9. The Morgan fingerprint density at radius 3 is 2.56 bits per heavy atom. The van der Waals surface area contributed by atoms with Crippen LogP contribution in [0.4, 0.5) is 5.69 Å². The summed E-state index contributed by atoms with van der Waals surface area (Å²) in [6.07, 6.45) is 0.671. The van der Waals surface area contributed by atoms with E-state index in [4.69, 9.17) is 5.26 Å². The molecule has 0 aromatic heterocycles. The second-order valence-electron chi connectivity index (χ2n) is 5.25. The summed E-state index contributed by atoms with van der Waals surface area (Å²) in [6.45, 7) is 6.30. The molecule has 0 N–H and O–H groups in total. The van der Waals surface area contributed by atoms with Crippen LogP contribution >= 0.6 is 15.9 Å². The van der Waals surface area contributed by atoms with Gasteiger partial charge in [0, 0.05) is 17.0 Å². The van der Waals surface area contributed by atoms with E-state index >= 15 is 0 Å². The van der Waals surface area contributed by atoms with Gasteiger partial charge in [-0.1, -0.05) is 42.8 Å². The molecule has 0 saturated carbocycles. The fourth-order valence-corrected chi connectivity index (χ4v) is 1.81. The number of non-ortho nitro benzene ring substituents is 1. The van der Waals surface area contributed by atoms with E-state index in [0.29, 0.717) is 12.0 Å². The first kappa shape index (κ1) is 14.7. The molecule has 5 heteroatoms. The summed E-state index contributed by atoms with van der Waals surface area (Å²) < 4.78 is 0. The van der Waals surface area contributed by atoms with E-state index in [1.807, 2.05) is 6.07 Å². The van der Waals surface area contributed by atoms with Gasteiger partial charge in [-0.15, -0.1) is 0 Å². The highest BCUT2D eigenvalue weighted by molar-refractivity contribution is 9.09. The van der Waals surface area contributed by atoms with Gasteiger partial charge < -0.3 is 0 Å². The number of rotatable bonds is 3. The molecule has 1 unspecified atom stereocenters. The molecule has 96 valence electrons. The Morgan fingerprint density at radius 1 is 1.50 bits per heavy atom. The Hall–Kier alpha value is -1.41. The molecule has 0 amide bonds. The largest absolute Gasteiger partial charge is 0.270 e. The van der Waals surface area contributed by atoms with Gasteiger partial charge in [-0.25, -0.2) is 0 Å². The first-order valence-corrected chi connectivity index (χ1v) is 6.48. The lowest BCUT2D eigenvalue weighted by Gasteiger charge is -2.25. The second-order valence-corrected chi connectivity index (χ2v) is 6.35. The number of alkyl halides is 1. The molecule has 4 nitrogen and oxygen atoms in total. The van der Waals surface area contributed by atoms with Crippen molar-refractivity contribution in [3.05, 3.63) is 39.4 Å². The number of hydrogen-bond donors (Lipinski definition) is 0. The van der Waals surface area contributed by atoms with Crippen molar-refractivity contribution in [2.75, 3.05) is 0 Å². The Morgan fingerprint density at radius 2 is 2.11 bits per heavy atom. The van der Waals surface area contributed by atoms with Gasteiger partial charge in [-0.3, -0.25) is 10.1 Å². The van der Waals surface area contributed by atoms with E-state index in [1.165, 1.54) is 12.1 Å². The number of benzene rings is 1. The van der Waals surface area contributed by atoms with Gasteiger partial charge in [0.25, 0.3) is 5.69 Å². The molecule has 1 rings (SSSR count). The summed E-state index contributed by atoms with van der Waals surface area (Å²) >= 11 is 3.60. The van der Waals surface area contributed by atoms with Crippen molar-refractivity contribution in [2.45, 2.75) is 32.0 Å². The summed E-state index contributed by atoms with van der Waals surface area (Å²) in [5.74, 6) is 0. The molecule has 0 bridgehead atoms. The highest BCUT2D eigenvalue weighted by Crippen LogP contribution is 2.30. The summed E-state index contributed by atoms with van der Waals surface area (Å²) in [4.78, 5) is 10.4. The molecule has 0 spiro atoms. The van der Waals surface area contributed by atoms with E-state index in [9.17, 15) is 10.1 Å². The number of nitrogens with zero attached hydrogens (tertiary/aromatic N) is 2. The molecule has 0 aliphatic carbocycles. The lowest BCUT2D eigenvalue weighted by atomic mass is 9.87. The average molecular weight is 311 g/mol. The van der Waals surface area contributed by atoms with Crippen LogP contribution in [-0.2, 0) is 6.42 Å². The fraction of sp³-hybridized carbons (Fsp3) is 0.462. The summed E-state index contributed by atoms with van der Waals surface area (Å²) in [7, 11) is 0. The Labute approximate surface area is 115 Å². The van der Waals surface area contributed by atoms with Crippen LogP contribution in [0.15, 0.2) is 18.2 Å². The first-order chi connectivity index (χ1) is 8.25. The molecule has 1 aromatic rings. The molecule has 0 radical (unpaired) electrons. The van der Waals surface area contributed by atoms with E-state index in [1.54, 1.807) is 6.07 Å². The van der Waals surface area contributed by atoms with Crippen molar-refractivity contribution in [2.24, 2.45) is 5.41 Å². The van der Waals surface area contributed by atoms with Gasteiger partial charge in [0.05, 0.1) is 16.6 Å². The Balaban J connectivity index is 3.05. The number of nitro benzene ring substituents is 1. The molecular weight excluding hydrogens is 296 g/mol. The molecule has 18 heavy (non-hydrogen) atoms. The zero-order valence-electron chi connectivity index (χ0n) is 10.6. The summed E-state index contributed by atoms with van der Waals surface area (Å²) in [6, 6.07) is 6.46. The van der Waals surface area contributed by atoms with Crippen molar-refractivity contribution >= 4 is 21.6 Å². The summed E-state index contributed by atoms with van der Waals surface area (Å²) in [5, 5.41) is 19.7. The minimum Gasteiger partial charge on any atom is -0.258 e. The predicted molar refractivity (Wildman–Crippen MR) is 73.7 cm³/mol. The number of hydrogen-bond acceptors (Lipinski definition) is 3. The lowest BCUT2D eigenvalue weighted by Crippen LogP contribution is -2.22. The standard InChI is InChI=1S/C13H15BrN2O2/c1-13(2,3)12(14)7-9-4-5-11(16(17)18)6-10(9)8-15/h4-6,12H,7H2,1-3H3. The van der Waals surface area contributed by atoms with Crippen molar-refractivity contribution in [1.29, 1.82) is 5.26 Å². The van der Waals surface area contributed by atoms with Gasteiger partial charge in [-0.2, -0.15) is 5.26 Å². The van der Waals surface area contributed by atoms with Crippen LogP contribution < -0.4 is 0 Å². The van der Waals surface area contributed by atoms with Crippen molar-refractivity contribution in [3.63, 3.8) is 0 Å². The zero-order valence-corrected chi connectivity index (χ0v) is 12.2. The van der Waals surface area contributed by atoms with Crippen LogP contribution in [0.5, 0.6) is 0 Å². The lowest BCUT2D eigenvalue weighted by molar-refractivity contribution is -0.384. The number of halogens is 1. The third kappa shape index (κ3) is 3.54. The predicted octanol–water partition coefficient (Wildman–Crippen LogP) is 3.82. The van der Waals surface area contributed by atoms with E-state index in [0.717, 1.165) is 5.56 Å². The number of nitriles is 1. The third-order valence-corrected chi connectivity index (χ3v) is 4.46. The molecule has 0 saturated heterocycles. The van der Waals surface area contributed by atoms with Crippen LogP contribution in [0.2, 0.25) is 0 Å². The van der Waals surface area contributed by atoms with Crippen LogP contribution in [0.1, 0.15) is 31.9 Å². The maximum absolute atomic E-state index is 10.6. The topological polar surface area (TPSA) is 66.9 Å². The third-order valence-electron chi connectivity index (χ3n) is 2.76. The normalized spacial score (nSPS) is 12.8. The van der Waals surface area contributed by atoms with Crippen molar-refractivity contribution < 1.29 is 4.92 Å². The summed E-state index contributed by atoms with van der Waals surface area (Å²) in [5.41, 5.74) is 1.23. The van der Waals surface area contributed by atoms with Crippen molar-refractivity contribution in [3.8, 4) is 6.07 Å². The average Bonchev–Trinajstić information content (AvgIpc) is 2.27. The second kappa shape index (κ2) is 5.49. The fourth-order valence-electron chi connectivity index (χ4n) is 1.46. The molecule has 0 aliphatic rings. The maximum atomic E-state index is 10.6. The highest BCUT2D eigenvalue weighted by atomic mass is 79.9. The number of nitro groups is 1. The Bertz CT molecular complexity index is 501. The van der Waals surface area contributed by atoms with Crippen LogP contribution in [0.25, 0.3) is 0 Å². The van der Waals surface area contributed by atoms with E-state index < -0.39 is 4.92 Å². The first-order valence-electron chi connectivity index (χ1n) is 5.57. The van der Waals surface area contributed by atoms with Gasteiger partial charge in [0.15, 0.2) is 0 Å². The molecule has 1 aromatic carbocycles. The molecule has 0 heterocycles. The monoisotopic (exact) mass is 310 g/mol. The van der Waals surface area contributed by atoms with Crippen molar-refractivity contribution in [1.82, 2.24) is 0 Å². The van der Waals surface area contributed by atoms with E-state index in [-0.39, 0.29) is 15.9 Å². The SMILES string of the molecule is CC(C)(C)C(Br)Cc1ccc([N+](=O)[O-])cc1C#N. The van der Waals surface area contributed by atoms with Crippen LogP contribution in [0, 0.1) is 26.9 Å². The molecule has 1 atom stereocenters. The van der Waals surface area contributed by atoms with Gasteiger partial charge in [0.1, 0.15) is 0 Å². The molecule has 0 fully saturated rings. The Kier molecular flexibility index (Phi) is 4.47. The van der Waals surface area contributed by atoms with Crippen LogP contribution in [-0.4, -0.2) is 9.75 Å². The molecular formula is C13H15BrN2O2. The highest BCUT2D eigenvalue weighted by Gasteiger charge is 2.23. The van der Waals surface area contributed by atoms with E-state index in [2.05, 4.69) is 36.7 Å². The minimum absolute atomic E-state index is 0.0443. The smallest absolute Gasteiger partial charge is 0.258 e. The van der Waals surface area contributed by atoms with Crippen LogP contribution in [0.3, 0.4) is 0 Å². The van der Waals surface area contributed by atoms with Gasteiger partial charge in [-0.05, 0) is 17.4 Å². The van der Waals surface area contributed by atoms with Gasteiger partial charge >= 0.3 is 0 Å². The van der Waals surface area contributed by atoms with Gasteiger partial charge in [0.2, 0.25) is 0 Å². The molecule has 0 aliphatic heterocycles. The maximum Gasteiger partial charge on any atom is 0.270 e.